The number of H-pyrrole nitrogens is 2. The molecule has 0 unspecified atom stereocenters. The number of aryl methyl sites for hydroxylation is 1. The van der Waals surface area contributed by atoms with Crippen molar-refractivity contribution in [3.05, 3.63) is 66.0 Å². The number of hydrogen-bond acceptors (Lipinski definition) is 4. The summed E-state index contributed by atoms with van der Waals surface area (Å²) in [4.78, 5) is 21.6. The molecule has 2 aromatic carbocycles. The average molecular weight is 446 g/mol. The van der Waals surface area contributed by atoms with Gasteiger partial charge in [0.25, 0.3) is 0 Å². The van der Waals surface area contributed by atoms with Crippen molar-refractivity contribution in [3.63, 3.8) is 0 Å². The second kappa shape index (κ2) is 9.71. The first-order chi connectivity index (χ1) is 16.2. The van der Waals surface area contributed by atoms with Gasteiger partial charge in [0.1, 0.15) is 11.9 Å². The minimum Gasteiger partial charge on any atom is -0.497 e. The zero-order chi connectivity index (χ0) is 22.6. The monoisotopic (exact) mass is 445 g/mol. The summed E-state index contributed by atoms with van der Waals surface area (Å²) in [6.45, 7) is 3.07. The van der Waals surface area contributed by atoms with Crippen LogP contribution in [0.4, 0.5) is 0 Å². The van der Waals surface area contributed by atoms with Crippen LogP contribution in [0.1, 0.15) is 41.6 Å². The van der Waals surface area contributed by atoms with E-state index in [0.717, 1.165) is 67.5 Å². The lowest BCUT2D eigenvalue weighted by Crippen LogP contribution is -2.38. The molecule has 6 heteroatoms. The topological polar surface area (TPSA) is 70.3 Å². The summed E-state index contributed by atoms with van der Waals surface area (Å²) < 4.78 is 11.1. The third kappa shape index (κ3) is 4.91. The molecule has 1 fully saturated rings. The Labute approximate surface area is 193 Å². The number of hydrogen-bond donors (Lipinski definition) is 2. The van der Waals surface area contributed by atoms with Gasteiger partial charge in [0.05, 0.1) is 12.7 Å². The van der Waals surface area contributed by atoms with Crippen molar-refractivity contribution in [2.75, 3.05) is 26.7 Å². The van der Waals surface area contributed by atoms with E-state index in [1.54, 1.807) is 7.11 Å². The smallest absolute Gasteiger partial charge is 0.338 e. The van der Waals surface area contributed by atoms with Gasteiger partial charge in [-0.1, -0.05) is 0 Å². The number of carbonyl (C=O) groups excluding carboxylic acids is 1. The molecule has 1 aliphatic rings. The van der Waals surface area contributed by atoms with Gasteiger partial charge >= 0.3 is 5.97 Å². The Balaban J connectivity index is 1.04. The molecule has 0 amide bonds. The lowest BCUT2D eigenvalue weighted by atomic mass is 10.0. The predicted octanol–water partition coefficient (Wildman–Crippen LogP) is 5.30. The highest BCUT2D eigenvalue weighted by atomic mass is 16.5. The number of nitrogens with one attached hydrogen (secondary N) is 2. The van der Waals surface area contributed by atoms with Crippen LogP contribution in [0.2, 0.25) is 0 Å². The van der Waals surface area contributed by atoms with Gasteiger partial charge in [0.15, 0.2) is 0 Å². The summed E-state index contributed by atoms with van der Waals surface area (Å²) in [5.41, 5.74) is 4.16. The normalized spacial score (nSPS) is 15.3. The van der Waals surface area contributed by atoms with Crippen LogP contribution in [0.25, 0.3) is 21.8 Å². The number of aromatic amines is 2. The number of aromatic nitrogens is 2. The first kappa shape index (κ1) is 21.6. The Bertz CT molecular complexity index is 1230. The molecule has 6 nitrogen and oxygen atoms in total. The van der Waals surface area contributed by atoms with Crippen LogP contribution in [-0.2, 0) is 11.2 Å². The predicted molar refractivity (Wildman–Crippen MR) is 131 cm³/mol. The van der Waals surface area contributed by atoms with Gasteiger partial charge in [-0.15, -0.1) is 0 Å². The van der Waals surface area contributed by atoms with E-state index in [9.17, 15) is 4.79 Å². The summed E-state index contributed by atoms with van der Waals surface area (Å²) in [5, 5.41) is 2.32. The molecule has 0 spiro atoms. The first-order valence-corrected chi connectivity index (χ1v) is 11.8. The van der Waals surface area contributed by atoms with E-state index in [-0.39, 0.29) is 12.1 Å². The van der Waals surface area contributed by atoms with Crippen LogP contribution in [0.5, 0.6) is 5.75 Å². The number of piperidine rings is 1. The molecular weight excluding hydrogens is 414 g/mol. The maximum Gasteiger partial charge on any atom is 0.338 e. The molecule has 2 aromatic heterocycles. The summed E-state index contributed by atoms with van der Waals surface area (Å²) in [6, 6.07) is 13.8. The van der Waals surface area contributed by atoms with Gasteiger partial charge in [-0.25, -0.2) is 4.79 Å². The van der Waals surface area contributed by atoms with Crippen LogP contribution in [0.3, 0.4) is 0 Å². The Kier molecular flexibility index (Phi) is 6.35. The fraction of sp³-hybridized carbons (Fsp3) is 0.370. The summed E-state index contributed by atoms with van der Waals surface area (Å²) in [5.74, 6) is 0.666. The number of rotatable bonds is 8. The van der Waals surface area contributed by atoms with E-state index in [0.29, 0.717) is 5.56 Å². The largest absolute Gasteiger partial charge is 0.497 e. The van der Waals surface area contributed by atoms with Crippen molar-refractivity contribution in [1.82, 2.24) is 14.9 Å². The van der Waals surface area contributed by atoms with E-state index >= 15 is 0 Å². The zero-order valence-electron chi connectivity index (χ0n) is 19.1. The molecule has 0 radical (unpaired) electrons. The second-order valence-electron chi connectivity index (χ2n) is 8.91. The number of benzene rings is 2. The minimum absolute atomic E-state index is 0.0129. The molecular formula is C27H31N3O3. The third-order valence-corrected chi connectivity index (χ3v) is 6.74. The second-order valence-corrected chi connectivity index (χ2v) is 8.91. The van der Waals surface area contributed by atoms with E-state index in [1.807, 2.05) is 42.6 Å². The van der Waals surface area contributed by atoms with Gasteiger partial charge in [0, 0.05) is 53.4 Å². The van der Waals surface area contributed by atoms with Crippen molar-refractivity contribution in [2.45, 2.75) is 38.2 Å². The standard InChI is InChI=1S/C27H31N3O3/c1-32-23-6-7-24-21(18-29-26(24)17-23)4-2-3-13-30-14-10-22(11-15-30)33-27(31)20-5-8-25-19(16-20)9-12-28-25/h5-9,12,16-18,22,28-29H,2-4,10-11,13-15H2,1H3. The molecule has 1 saturated heterocycles. The quantitative estimate of drug-likeness (QED) is 0.285. The van der Waals surface area contributed by atoms with Crippen LogP contribution in [0, 0.1) is 0 Å². The van der Waals surface area contributed by atoms with Crippen LogP contribution < -0.4 is 4.74 Å². The van der Waals surface area contributed by atoms with Crippen molar-refractivity contribution in [2.24, 2.45) is 0 Å². The molecule has 5 rings (SSSR count). The number of unbranched alkanes of at least 4 members (excludes halogenated alkanes) is 1. The average Bonchev–Trinajstić information content (AvgIpc) is 3.48. The SMILES string of the molecule is COc1ccc2c(CCCCN3CCC(OC(=O)c4ccc5[nH]ccc5c4)CC3)c[nH]c2c1. The third-order valence-electron chi connectivity index (χ3n) is 6.74. The van der Waals surface area contributed by atoms with Crippen molar-refractivity contribution >= 4 is 27.8 Å². The van der Waals surface area contributed by atoms with Crippen LogP contribution in [-0.4, -0.2) is 53.7 Å². The van der Waals surface area contributed by atoms with E-state index < -0.39 is 0 Å². The molecule has 1 aliphatic heterocycles. The molecule has 33 heavy (non-hydrogen) atoms. The first-order valence-electron chi connectivity index (χ1n) is 11.8. The highest BCUT2D eigenvalue weighted by Gasteiger charge is 2.22. The highest BCUT2D eigenvalue weighted by Crippen LogP contribution is 2.25. The number of likely N-dealkylation sites (tertiary alicyclic amines) is 1. The summed E-state index contributed by atoms with van der Waals surface area (Å²) in [6.07, 6.45) is 9.24. The molecule has 0 saturated carbocycles. The highest BCUT2D eigenvalue weighted by molar-refractivity contribution is 5.94. The van der Waals surface area contributed by atoms with Gasteiger partial charge < -0.3 is 24.3 Å². The van der Waals surface area contributed by atoms with Crippen molar-refractivity contribution in [3.8, 4) is 5.75 Å². The van der Waals surface area contributed by atoms with Gasteiger partial charge in [-0.05, 0) is 80.6 Å². The van der Waals surface area contributed by atoms with E-state index in [4.69, 9.17) is 9.47 Å². The van der Waals surface area contributed by atoms with E-state index in [1.165, 1.54) is 17.4 Å². The van der Waals surface area contributed by atoms with Gasteiger partial charge in [-0.3, -0.25) is 0 Å². The fourth-order valence-corrected chi connectivity index (χ4v) is 4.80. The maximum atomic E-state index is 12.6. The Hall–Kier alpha value is -3.25. The van der Waals surface area contributed by atoms with Gasteiger partial charge in [-0.2, -0.15) is 0 Å². The van der Waals surface area contributed by atoms with Crippen molar-refractivity contribution in [1.29, 1.82) is 0 Å². The molecule has 0 aliphatic carbocycles. The molecule has 172 valence electrons. The fourth-order valence-electron chi connectivity index (χ4n) is 4.80. The van der Waals surface area contributed by atoms with Gasteiger partial charge in [0.2, 0.25) is 0 Å². The number of methoxy groups -OCH3 is 1. The Morgan fingerprint density at radius 2 is 1.91 bits per heavy atom. The Morgan fingerprint density at radius 3 is 2.76 bits per heavy atom. The Morgan fingerprint density at radius 1 is 1.03 bits per heavy atom. The summed E-state index contributed by atoms with van der Waals surface area (Å²) in [7, 11) is 1.70. The summed E-state index contributed by atoms with van der Waals surface area (Å²) >= 11 is 0. The molecule has 3 heterocycles. The molecule has 0 atom stereocenters. The van der Waals surface area contributed by atoms with Crippen molar-refractivity contribution < 1.29 is 14.3 Å². The number of esters is 1. The minimum atomic E-state index is -0.215. The lowest BCUT2D eigenvalue weighted by molar-refractivity contribution is 0.0112. The zero-order valence-corrected chi connectivity index (χ0v) is 19.1. The lowest BCUT2D eigenvalue weighted by Gasteiger charge is -2.31. The number of ether oxygens (including phenoxy) is 2. The maximum absolute atomic E-state index is 12.6. The molecule has 0 bridgehead atoms. The molecule has 4 aromatic rings. The number of fused-ring (bicyclic) bond motifs is 2. The van der Waals surface area contributed by atoms with Crippen LogP contribution >= 0.6 is 0 Å². The van der Waals surface area contributed by atoms with Crippen LogP contribution in [0.15, 0.2) is 54.9 Å². The van der Waals surface area contributed by atoms with E-state index in [2.05, 4.69) is 27.1 Å². The number of carbonyl (C=O) groups is 1. The number of nitrogens with zero attached hydrogens (tertiary/aromatic N) is 1. The molecule has 2 N–H and O–H groups in total.